The van der Waals surface area contributed by atoms with Crippen LogP contribution >= 0.6 is 0 Å². The zero-order valence-corrected chi connectivity index (χ0v) is 6.54. The summed E-state index contributed by atoms with van der Waals surface area (Å²) in [5, 5.41) is 11.3. The Hall–Kier alpha value is -0.810. The zero-order valence-electron chi connectivity index (χ0n) is 6.54. The number of morpholine rings is 1. The Kier molecular flexibility index (Phi) is 6.76. The SMILES string of the molecule is C1COCC[NH2+]1.COC(=O)[O-]. The van der Waals surface area contributed by atoms with Crippen LogP contribution in [0.5, 0.6) is 0 Å². The highest BCUT2D eigenvalue weighted by Crippen LogP contribution is 1.69. The summed E-state index contributed by atoms with van der Waals surface area (Å²) in [7, 11) is 1.04. The summed E-state index contributed by atoms with van der Waals surface area (Å²) in [6.45, 7) is 4.19. The first-order chi connectivity index (χ1) is 5.27. The maximum absolute atomic E-state index is 9.03. The van der Waals surface area contributed by atoms with Crippen molar-refractivity contribution in [2.45, 2.75) is 0 Å². The largest absolute Gasteiger partial charge is 0.553 e. The van der Waals surface area contributed by atoms with Gasteiger partial charge in [0.1, 0.15) is 0 Å². The smallest absolute Gasteiger partial charge is 0.251 e. The predicted molar refractivity (Wildman–Crippen MR) is 34.9 cm³/mol. The number of hydrogen-bond donors (Lipinski definition) is 1. The molecule has 66 valence electrons. The van der Waals surface area contributed by atoms with E-state index in [2.05, 4.69) is 10.1 Å². The van der Waals surface area contributed by atoms with E-state index in [0.29, 0.717) is 0 Å². The van der Waals surface area contributed by atoms with Gasteiger partial charge in [0.15, 0.2) is 0 Å². The Labute approximate surface area is 65.3 Å². The molecule has 0 bridgehead atoms. The van der Waals surface area contributed by atoms with Crippen LogP contribution in [-0.4, -0.2) is 39.6 Å². The summed E-state index contributed by atoms with van der Waals surface area (Å²) in [4.78, 5) is 9.03. The molecule has 0 aromatic carbocycles. The Balaban J connectivity index is 0.000000187. The molecule has 5 heteroatoms. The third-order valence-electron chi connectivity index (χ3n) is 1.10. The topological polar surface area (TPSA) is 75.2 Å². The standard InChI is InChI=1S/C4H9NO.C2H4O3/c1-3-6-4-2-5-1;1-5-2(3)4/h5H,1-4H2;1H3,(H,3,4). The molecule has 11 heavy (non-hydrogen) atoms. The van der Waals surface area contributed by atoms with Crippen LogP contribution < -0.4 is 10.4 Å². The number of nitrogens with two attached hydrogens (primary N) is 1. The second-order valence-corrected chi connectivity index (χ2v) is 1.93. The maximum Gasteiger partial charge on any atom is 0.251 e. The zero-order chi connectivity index (χ0) is 8.53. The first-order valence-electron chi connectivity index (χ1n) is 3.41. The van der Waals surface area contributed by atoms with Crippen molar-refractivity contribution in [3.8, 4) is 0 Å². The summed E-state index contributed by atoms with van der Waals surface area (Å²) in [5.41, 5.74) is 0. The van der Waals surface area contributed by atoms with Crippen molar-refractivity contribution >= 4 is 6.16 Å². The first kappa shape index (κ1) is 10.2. The van der Waals surface area contributed by atoms with Crippen LogP contribution in [0, 0.1) is 0 Å². The van der Waals surface area contributed by atoms with E-state index < -0.39 is 6.16 Å². The Morgan fingerprint density at radius 3 is 2.09 bits per heavy atom. The second kappa shape index (κ2) is 7.30. The van der Waals surface area contributed by atoms with Gasteiger partial charge in [-0.2, -0.15) is 0 Å². The molecule has 1 rings (SSSR count). The Morgan fingerprint density at radius 2 is 2.00 bits per heavy atom. The van der Waals surface area contributed by atoms with Gasteiger partial charge in [-0.25, -0.2) is 0 Å². The molecule has 1 aliphatic rings. The quantitative estimate of drug-likeness (QED) is 0.402. The number of quaternary nitrogens is 1. The average Bonchev–Trinajstić information content (AvgIpc) is 2.09. The van der Waals surface area contributed by atoms with Crippen LogP contribution in [0.4, 0.5) is 4.79 Å². The first-order valence-corrected chi connectivity index (χ1v) is 3.41. The van der Waals surface area contributed by atoms with E-state index in [1.54, 1.807) is 0 Å². The third kappa shape index (κ3) is 9.19. The van der Waals surface area contributed by atoms with E-state index in [4.69, 9.17) is 14.6 Å². The van der Waals surface area contributed by atoms with Gasteiger partial charge in [0.05, 0.1) is 26.3 Å². The fourth-order valence-corrected chi connectivity index (χ4v) is 0.580. The summed E-state index contributed by atoms with van der Waals surface area (Å²) >= 11 is 0. The summed E-state index contributed by atoms with van der Waals surface area (Å²) in [6.07, 6.45) is -1.50. The monoisotopic (exact) mass is 163 g/mol. The molecule has 0 aromatic heterocycles. The minimum atomic E-state index is -1.50. The van der Waals surface area contributed by atoms with Crippen LogP contribution in [0.3, 0.4) is 0 Å². The lowest BCUT2D eigenvalue weighted by Crippen LogP contribution is -2.87. The van der Waals surface area contributed by atoms with Gasteiger partial charge in [0.25, 0.3) is 6.16 Å². The second-order valence-electron chi connectivity index (χ2n) is 1.93. The van der Waals surface area contributed by atoms with Gasteiger partial charge in [-0.15, -0.1) is 0 Å². The molecule has 0 atom stereocenters. The van der Waals surface area contributed by atoms with Gasteiger partial charge in [-0.3, -0.25) is 0 Å². The van der Waals surface area contributed by atoms with Crippen molar-refractivity contribution in [2.24, 2.45) is 0 Å². The molecule has 0 aliphatic carbocycles. The molecule has 1 aliphatic heterocycles. The van der Waals surface area contributed by atoms with Gasteiger partial charge < -0.3 is 24.7 Å². The van der Waals surface area contributed by atoms with Crippen LogP contribution in [0.1, 0.15) is 0 Å². The van der Waals surface area contributed by atoms with E-state index >= 15 is 0 Å². The average molecular weight is 163 g/mol. The molecule has 0 aromatic rings. The van der Waals surface area contributed by atoms with Crippen molar-refractivity contribution in [1.82, 2.24) is 0 Å². The van der Waals surface area contributed by atoms with Crippen molar-refractivity contribution in [1.29, 1.82) is 0 Å². The maximum atomic E-state index is 9.03. The molecule has 2 N–H and O–H groups in total. The van der Waals surface area contributed by atoms with Crippen LogP contribution in [0.25, 0.3) is 0 Å². The van der Waals surface area contributed by atoms with Crippen molar-refractivity contribution in [2.75, 3.05) is 33.4 Å². The van der Waals surface area contributed by atoms with Crippen molar-refractivity contribution < 1.29 is 24.7 Å². The number of ether oxygens (including phenoxy) is 2. The molecule has 0 amide bonds. The normalized spacial score (nSPS) is 16.1. The number of carboxylic acid groups (broad SMARTS) is 1. The molecule has 0 spiro atoms. The molecule has 0 saturated carbocycles. The molecule has 1 fully saturated rings. The highest BCUT2D eigenvalue weighted by Gasteiger charge is 1.96. The molecular formula is C6H13NO4. The summed E-state index contributed by atoms with van der Waals surface area (Å²) < 4.78 is 8.59. The number of carbonyl (C=O) groups excluding carboxylic acids is 1. The lowest BCUT2D eigenvalue weighted by Gasteiger charge is -2.07. The molecule has 0 radical (unpaired) electrons. The molecule has 0 unspecified atom stereocenters. The number of hydrogen-bond acceptors (Lipinski definition) is 4. The van der Waals surface area contributed by atoms with Crippen molar-refractivity contribution in [3.05, 3.63) is 0 Å². The number of methoxy groups -OCH3 is 1. The predicted octanol–water partition coefficient (Wildman–Crippen LogP) is -2.44. The number of carbonyl (C=O) groups is 1. The van der Waals surface area contributed by atoms with E-state index in [9.17, 15) is 0 Å². The molecule has 1 heterocycles. The van der Waals surface area contributed by atoms with Gasteiger partial charge in [0, 0.05) is 7.11 Å². The molecule has 1 saturated heterocycles. The minimum absolute atomic E-state index is 0.944. The van der Waals surface area contributed by atoms with Crippen LogP contribution in [0.2, 0.25) is 0 Å². The van der Waals surface area contributed by atoms with E-state index in [1.807, 2.05) is 0 Å². The van der Waals surface area contributed by atoms with E-state index in [1.165, 1.54) is 0 Å². The molecule has 5 nitrogen and oxygen atoms in total. The third-order valence-corrected chi connectivity index (χ3v) is 1.10. The van der Waals surface area contributed by atoms with Crippen LogP contribution in [-0.2, 0) is 9.47 Å². The Morgan fingerprint density at radius 1 is 1.55 bits per heavy atom. The van der Waals surface area contributed by atoms with Gasteiger partial charge >= 0.3 is 0 Å². The number of rotatable bonds is 0. The van der Waals surface area contributed by atoms with Gasteiger partial charge in [-0.1, -0.05) is 0 Å². The van der Waals surface area contributed by atoms with Gasteiger partial charge in [0.2, 0.25) is 0 Å². The highest BCUT2D eigenvalue weighted by molar-refractivity contribution is 5.53. The van der Waals surface area contributed by atoms with Crippen LogP contribution in [0.15, 0.2) is 0 Å². The van der Waals surface area contributed by atoms with E-state index in [0.717, 1.165) is 33.4 Å². The lowest BCUT2D eigenvalue weighted by atomic mass is 10.5. The van der Waals surface area contributed by atoms with Crippen molar-refractivity contribution in [3.63, 3.8) is 0 Å². The minimum Gasteiger partial charge on any atom is -0.553 e. The fraction of sp³-hybridized carbons (Fsp3) is 0.833. The summed E-state index contributed by atoms with van der Waals surface area (Å²) in [5.74, 6) is 0. The lowest BCUT2D eigenvalue weighted by molar-refractivity contribution is -0.670. The Bertz CT molecular complexity index is 91.2. The highest BCUT2D eigenvalue weighted by atomic mass is 16.6. The summed E-state index contributed by atoms with van der Waals surface area (Å²) in [6, 6.07) is 0. The molecular weight excluding hydrogens is 150 g/mol. The fourth-order valence-electron chi connectivity index (χ4n) is 0.580. The van der Waals surface area contributed by atoms with E-state index in [-0.39, 0.29) is 0 Å². The van der Waals surface area contributed by atoms with Gasteiger partial charge in [-0.05, 0) is 0 Å².